The maximum Gasteiger partial charge on any atom is 0.272 e. The number of fused-ring (bicyclic) bond motifs is 2. The first-order valence-electron chi connectivity index (χ1n) is 12.5. The van der Waals surface area contributed by atoms with Crippen molar-refractivity contribution in [2.45, 2.75) is 6.61 Å². The summed E-state index contributed by atoms with van der Waals surface area (Å²) in [5.41, 5.74) is 3.46. The zero-order valence-corrected chi connectivity index (χ0v) is 20.8. The number of hydrogen-bond acceptors (Lipinski definition) is 4. The van der Waals surface area contributed by atoms with E-state index in [4.69, 9.17) is 4.74 Å². The second-order valence-corrected chi connectivity index (χ2v) is 9.22. The maximum atomic E-state index is 12.5. The Morgan fingerprint density at radius 1 is 0.821 bits per heavy atom. The molecule has 1 heterocycles. The molecule has 0 aliphatic heterocycles. The number of phenols is 1. The standard InChI is InChI=1S/C33H24N2O4/c36-19-24-18-23-9-2-4-12-27(23)31(32(24)37)30-26-11-3-1-8-22(26)14-15-29(30)39-20-21-7-5-10-25(17-21)35-33(38)28-13-6-16-34-28/h1-19,34,37H,20H2,(H,35,38). The third-order valence-corrected chi connectivity index (χ3v) is 6.74. The lowest BCUT2D eigenvalue weighted by atomic mass is 9.90. The largest absolute Gasteiger partial charge is 0.507 e. The van der Waals surface area contributed by atoms with Crippen LogP contribution in [0.3, 0.4) is 0 Å². The van der Waals surface area contributed by atoms with Crippen LogP contribution in [0.5, 0.6) is 11.5 Å². The molecule has 190 valence electrons. The molecule has 0 bridgehead atoms. The van der Waals surface area contributed by atoms with Crippen LogP contribution in [0.2, 0.25) is 0 Å². The molecule has 1 amide bonds. The molecule has 0 radical (unpaired) electrons. The molecule has 0 saturated heterocycles. The highest BCUT2D eigenvalue weighted by atomic mass is 16.5. The van der Waals surface area contributed by atoms with Gasteiger partial charge in [0.15, 0.2) is 6.29 Å². The molecule has 0 fully saturated rings. The molecule has 0 aliphatic carbocycles. The summed E-state index contributed by atoms with van der Waals surface area (Å²) in [4.78, 5) is 27.2. The Balaban J connectivity index is 1.41. The number of carbonyl (C=O) groups excluding carboxylic acids is 2. The van der Waals surface area contributed by atoms with Crippen LogP contribution < -0.4 is 10.1 Å². The third kappa shape index (κ3) is 4.60. The molecule has 1 aromatic heterocycles. The first-order valence-corrected chi connectivity index (χ1v) is 12.5. The van der Waals surface area contributed by atoms with E-state index in [1.54, 1.807) is 24.4 Å². The van der Waals surface area contributed by atoms with Gasteiger partial charge in [-0.15, -0.1) is 0 Å². The van der Waals surface area contributed by atoms with Crippen molar-refractivity contribution in [1.82, 2.24) is 4.98 Å². The molecule has 0 aliphatic rings. The number of benzene rings is 5. The number of H-pyrrole nitrogens is 1. The molecular weight excluding hydrogens is 488 g/mol. The minimum Gasteiger partial charge on any atom is -0.507 e. The van der Waals surface area contributed by atoms with Crippen molar-refractivity contribution >= 4 is 39.4 Å². The topological polar surface area (TPSA) is 91.4 Å². The van der Waals surface area contributed by atoms with Gasteiger partial charge in [-0.1, -0.05) is 66.7 Å². The average molecular weight is 513 g/mol. The van der Waals surface area contributed by atoms with E-state index >= 15 is 0 Å². The highest BCUT2D eigenvalue weighted by molar-refractivity contribution is 6.12. The normalized spacial score (nSPS) is 11.0. The zero-order valence-electron chi connectivity index (χ0n) is 20.8. The van der Waals surface area contributed by atoms with Crippen LogP contribution in [-0.2, 0) is 6.61 Å². The monoisotopic (exact) mass is 512 g/mol. The zero-order chi connectivity index (χ0) is 26.8. The number of aromatic hydroxyl groups is 1. The number of ether oxygens (including phenoxy) is 1. The van der Waals surface area contributed by atoms with Gasteiger partial charge in [0.25, 0.3) is 5.91 Å². The number of aromatic nitrogens is 1. The van der Waals surface area contributed by atoms with Crippen LogP contribution in [-0.4, -0.2) is 22.3 Å². The quantitative estimate of drug-likeness (QED) is 0.195. The van der Waals surface area contributed by atoms with E-state index < -0.39 is 0 Å². The van der Waals surface area contributed by atoms with E-state index in [0.29, 0.717) is 34.5 Å². The number of anilines is 1. The number of carbonyl (C=O) groups is 2. The number of nitrogens with one attached hydrogen (secondary N) is 2. The fraction of sp³-hybridized carbons (Fsp3) is 0.0303. The Morgan fingerprint density at radius 3 is 2.36 bits per heavy atom. The van der Waals surface area contributed by atoms with E-state index in [2.05, 4.69) is 10.3 Å². The molecule has 5 aromatic carbocycles. The van der Waals surface area contributed by atoms with Gasteiger partial charge < -0.3 is 20.1 Å². The Hall–Kier alpha value is -5.36. The molecule has 0 atom stereocenters. The highest BCUT2D eigenvalue weighted by Gasteiger charge is 2.20. The van der Waals surface area contributed by atoms with Crippen LogP contribution in [0.15, 0.2) is 109 Å². The van der Waals surface area contributed by atoms with Crippen LogP contribution in [0.4, 0.5) is 5.69 Å². The van der Waals surface area contributed by atoms with E-state index in [9.17, 15) is 14.7 Å². The van der Waals surface area contributed by atoms with Gasteiger partial charge in [-0.25, -0.2) is 0 Å². The Kier molecular flexibility index (Phi) is 6.27. The summed E-state index contributed by atoms with van der Waals surface area (Å²) in [5.74, 6) is 0.254. The molecular formula is C33H24N2O4. The lowest BCUT2D eigenvalue weighted by molar-refractivity contribution is 0.102. The van der Waals surface area contributed by atoms with Crippen molar-refractivity contribution < 1.29 is 19.4 Å². The molecule has 3 N–H and O–H groups in total. The van der Waals surface area contributed by atoms with Crippen molar-refractivity contribution in [3.05, 3.63) is 126 Å². The van der Waals surface area contributed by atoms with E-state index in [1.807, 2.05) is 84.9 Å². The fourth-order valence-electron chi connectivity index (χ4n) is 4.90. The fourth-order valence-corrected chi connectivity index (χ4v) is 4.90. The molecule has 6 aromatic rings. The second-order valence-electron chi connectivity index (χ2n) is 9.22. The number of aldehydes is 1. The van der Waals surface area contributed by atoms with Gasteiger partial charge in [-0.05, 0) is 63.5 Å². The van der Waals surface area contributed by atoms with Gasteiger partial charge in [0.2, 0.25) is 0 Å². The number of rotatable bonds is 7. The van der Waals surface area contributed by atoms with E-state index in [0.717, 1.165) is 27.1 Å². The van der Waals surface area contributed by atoms with Crippen LogP contribution >= 0.6 is 0 Å². The van der Waals surface area contributed by atoms with Crippen molar-refractivity contribution in [3.8, 4) is 22.6 Å². The molecule has 0 saturated carbocycles. The summed E-state index contributed by atoms with van der Waals surface area (Å²) in [7, 11) is 0. The molecule has 0 unspecified atom stereocenters. The van der Waals surface area contributed by atoms with Gasteiger partial charge in [-0.3, -0.25) is 9.59 Å². The van der Waals surface area contributed by atoms with Crippen molar-refractivity contribution in [2.75, 3.05) is 5.32 Å². The predicted molar refractivity (Wildman–Crippen MR) is 153 cm³/mol. The summed E-state index contributed by atoms with van der Waals surface area (Å²) in [5, 5.41) is 17.7. The van der Waals surface area contributed by atoms with Gasteiger partial charge in [0, 0.05) is 23.0 Å². The molecule has 6 heteroatoms. The Morgan fingerprint density at radius 2 is 1.59 bits per heavy atom. The van der Waals surface area contributed by atoms with Crippen molar-refractivity contribution in [3.63, 3.8) is 0 Å². The first-order chi connectivity index (χ1) is 19.1. The van der Waals surface area contributed by atoms with E-state index in [1.165, 1.54) is 0 Å². The Bertz CT molecular complexity index is 1840. The number of aromatic amines is 1. The summed E-state index contributed by atoms with van der Waals surface area (Å²) in [6, 6.07) is 32.0. The highest BCUT2D eigenvalue weighted by Crippen LogP contribution is 2.46. The minimum atomic E-state index is -0.229. The summed E-state index contributed by atoms with van der Waals surface area (Å²) >= 11 is 0. The van der Waals surface area contributed by atoms with Crippen LogP contribution in [0.1, 0.15) is 26.4 Å². The first kappa shape index (κ1) is 24.0. The smallest absolute Gasteiger partial charge is 0.272 e. The van der Waals surface area contributed by atoms with Gasteiger partial charge in [-0.2, -0.15) is 0 Å². The summed E-state index contributed by atoms with van der Waals surface area (Å²) in [6.07, 6.45) is 2.37. The SMILES string of the molecule is O=Cc1cc2ccccc2c(-c2c(OCc3cccc(NC(=O)c4ccc[nH]4)c3)ccc3ccccc23)c1O. The van der Waals surface area contributed by atoms with Gasteiger partial charge in [0.05, 0.1) is 5.56 Å². The van der Waals surface area contributed by atoms with E-state index in [-0.39, 0.29) is 23.8 Å². The Labute approximate surface area is 224 Å². The molecule has 0 spiro atoms. The number of phenolic OH excluding ortho intramolecular Hbond substituents is 1. The molecule has 6 rings (SSSR count). The molecule has 6 nitrogen and oxygen atoms in total. The van der Waals surface area contributed by atoms with Crippen molar-refractivity contribution in [2.24, 2.45) is 0 Å². The maximum absolute atomic E-state index is 12.5. The minimum absolute atomic E-state index is 0.0843. The predicted octanol–water partition coefficient (Wildman–Crippen LogP) is 7.34. The summed E-state index contributed by atoms with van der Waals surface area (Å²) < 4.78 is 6.38. The lowest BCUT2D eigenvalue weighted by Crippen LogP contribution is -2.12. The average Bonchev–Trinajstić information content (AvgIpc) is 3.52. The second kappa shape index (κ2) is 10.2. The van der Waals surface area contributed by atoms with Gasteiger partial charge >= 0.3 is 0 Å². The summed E-state index contributed by atoms with van der Waals surface area (Å²) in [6.45, 7) is 0.226. The molecule has 39 heavy (non-hydrogen) atoms. The van der Waals surface area contributed by atoms with Gasteiger partial charge in [0.1, 0.15) is 23.8 Å². The third-order valence-electron chi connectivity index (χ3n) is 6.74. The van der Waals surface area contributed by atoms with Crippen molar-refractivity contribution in [1.29, 1.82) is 0 Å². The van der Waals surface area contributed by atoms with Crippen LogP contribution in [0.25, 0.3) is 32.7 Å². The number of amides is 1. The lowest BCUT2D eigenvalue weighted by Gasteiger charge is -2.18. The number of hydrogen-bond donors (Lipinski definition) is 3. The van der Waals surface area contributed by atoms with Crippen LogP contribution in [0, 0.1) is 0 Å².